The van der Waals surface area contributed by atoms with Crippen molar-refractivity contribution in [3.8, 4) is 11.4 Å². The Kier molecular flexibility index (Phi) is 6.98. The van der Waals surface area contributed by atoms with Crippen molar-refractivity contribution >= 4 is 21.6 Å². The summed E-state index contributed by atoms with van der Waals surface area (Å²) in [5.41, 5.74) is 1.84. The molecule has 1 aromatic heterocycles. The van der Waals surface area contributed by atoms with Gasteiger partial charge in [-0.1, -0.05) is 26.0 Å². The topological polar surface area (TPSA) is 119 Å². The first-order chi connectivity index (χ1) is 14.9. The Bertz CT molecular complexity index is 1130. The molecule has 1 N–H and O–H groups in total. The molecule has 0 aliphatic rings. The third-order valence-corrected chi connectivity index (χ3v) is 6.75. The van der Waals surface area contributed by atoms with Crippen molar-refractivity contribution in [2.24, 2.45) is 0 Å². The number of benzene rings is 2. The number of methoxy groups -OCH3 is 1. The number of sulfonamides is 1. The van der Waals surface area contributed by atoms with Crippen LogP contribution < -0.4 is 10.1 Å². The van der Waals surface area contributed by atoms with Crippen LogP contribution in [-0.4, -0.2) is 59.0 Å². The fourth-order valence-electron chi connectivity index (χ4n) is 3.08. The number of hydrogen-bond donors (Lipinski definition) is 1. The largest absolute Gasteiger partial charge is 0.495 e. The second kappa shape index (κ2) is 9.67. The van der Waals surface area contributed by atoms with Gasteiger partial charge >= 0.3 is 0 Å². The second-order valence-electron chi connectivity index (χ2n) is 6.60. The van der Waals surface area contributed by atoms with E-state index in [1.165, 1.54) is 40.6 Å². The summed E-state index contributed by atoms with van der Waals surface area (Å²) in [5.74, 6) is 0.0757. The van der Waals surface area contributed by atoms with E-state index >= 15 is 0 Å². The Labute approximate surface area is 180 Å². The van der Waals surface area contributed by atoms with E-state index in [0.717, 1.165) is 11.3 Å². The molecule has 2 aromatic carbocycles. The third kappa shape index (κ3) is 5.06. The monoisotopic (exact) mass is 444 g/mol. The van der Waals surface area contributed by atoms with Crippen molar-refractivity contribution < 1.29 is 17.9 Å². The van der Waals surface area contributed by atoms with Crippen molar-refractivity contribution in [3.63, 3.8) is 0 Å². The van der Waals surface area contributed by atoms with Gasteiger partial charge in [0, 0.05) is 13.1 Å². The van der Waals surface area contributed by atoms with Crippen LogP contribution in [0.25, 0.3) is 5.69 Å². The maximum Gasteiger partial charge on any atom is 0.243 e. The van der Waals surface area contributed by atoms with Gasteiger partial charge in [-0.15, -0.1) is 5.10 Å². The van der Waals surface area contributed by atoms with Crippen molar-refractivity contribution in [3.05, 3.63) is 54.4 Å². The highest BCUT2D eigenvalue weighted by molar-refractivity contribution is 7.89. The van der Waals surface area contributed by atoms with Gasteiger partial charge in [0.2, 0.25) is 15.9 Å². The molecule has 10 nitrogen and oxygen atoms in total. The summed E-state index contributed by atoms with van der Waals surface area (Å²) < 4.78 is 33.8. The van der Waals surface area contributed by atoms with E-state index in [4.69, 9.17) is 4.74 Å². The summed E-state index contributed by atoms with van der Waals surface area (Å²) in [6, 6.07) is 11.6. The maximum atomic E-state index is 12.8. The molecule has 0 aliphatic heterocycles. The van der Waals surface area contributed by atoms with Gasteiger partial charge in [-0.05, 0) is 46.3 Å². The average molecular weight is 445 g/mol. The van der Waals surface area contributed by atoms with E-state index in [0.29, 0.717) is 24.5 Å². The lowest BCUT2D eigenvalue weighted by Crippen LogP contribution is -2.30. The molecular weight excluding hydrogens is 420 g/mol. The highest BCUT2D eigenvalue weighted by atomic mass is 32.2. The van der Waals surface area contributed by atoms with E-state index in [9.17, 15) is 13.2 Å². The molecule has 31 heavy (non-hydrogen) atoms. The van der Waals surface area contributed by atoms with Crippen LogP contribution in [0, 0.1) is 0 Å². The van der Waals surface area contributed by atoms with Gasteiger partial charge in [0.25, 0.3) is 0 Å². The van der Waals surface area contributed by atoms with Gasteiger partial charge in [-0.2, -0.15) is 4.31 Å². The Balaban J connectivity index is 1.77. The number of carbonyl (C=O) groups is 1. The predicted octanol–water partition coefficient (Wildman–Crippen LogP) is 1.88. The molecule has 0 radical (unpaired) electrons. The molecule has 0 spiro atoms. The van der Waals surface area contributed by atoms with Crippen LogP contribution in [0.5, 0.6) is 5.75 Å². The van der Waals surface area contributed by atoms with Crippen LogP contribution in [-0.2, 0) is 21.2 Å². The number of rotatable bonds is 9. The SMILES string of the molecule is CCN(CC)S(=O)(=O)c1ccc(OC)c(NC(=O)Cc2ccc(-n3cnnn3)cc2)c1. The Morgan fingerprint density at radius 2 is 1.84 bits per heavy atom. The summed E-state index contributed by atoms with van der Waals surface area (Å²) in [6.07, 6.45) is 1.58. The molecule has 11 heteroatoms. The number of nitrogens with zero attached hydrogens (tertiary/aromatic N) is 5. The molecule has 0 fully saturated rings. The first-order valence-electron chi connectivity index (χ1n) is 9.69. The first-order valence-corrected chi connectivity index (χ1v) is 11.1. The average Bonchev–Trinajstić information content (AvgIpc) is 3.30. The van der Waals surface area contributed by atoms with E-state index in [2.05, 4.69) is 20.8 Å². The molecule has 164 valence electrons. The molecule has 0 atom stereocenters. The fourth-order valence-corrected chi connectivity index (χ4v) is 4.57. The van der Waals surface area contributed by atoms with E-state index < -0.39 is 10.0 Å². The molecule has 0 saturated heterocycles. The predicted molar refractivity (Wildman–Crippen MR) is 115 cm³/mol. The Morgan fingerprint density at radius 3 is 2.42 bits per heavy atom. The van der Waals surface area contributed by atoms with Crippen molar-refractivity contribution in [2.75, 3.05) is 25.5 Å². The standard InChI is InChI=1S/C20H24N6O4S/c1-4-25(5-2)31(28,29)17-10-11-19(30-3)18(13-17)22-20(27)12-15-6-8-16(9-7-15)26-14-21-23-24-26/h6-11,13-14H,4-5,12H2,1-3H3,(H,22,27). The van der Waals surface area contributed by atoms with Crippen molar-refractivity contribution in [2.45, 2.75) is 25.2 Å². The number of hydrogen-bond acceptors (Lipinski definition) is 7. The van der Waals surface area contributed by atoms with Crippen LogP contribution in [0.3, 0.4) is 0 Å². The number of nitrogens with one attached hydrogen (secondary N) is 1. The molecule has 3 aromatic rings. The number of carbonyl (C=O) groups excluding carboxylic acids is 1. The van der Waals surface area contributed by atoms with E-state index in [1.54, 1.807) is 38.1 Å². The van der Waals surface area contributed by atoms with Crippen LogP contribution >= 0.6 is 0 Å². The summed E-state index contributed by atoms with van der Waals surface area (Å²) >= 11 is 0. The second-order valence-corrected chi connectivity index (χ2v) is 8.54. The summed E-state index contributed by atoms with van der Waals surface area (Å²) in [6.45, 7) is 4.26. The fraction of sp³-hybridized carbons (Fsp3) is 0.300. The quantitative estimate of drug-likeness (QED) is 0.535. The molecular formula is C20H24N6O4S. The smallest absolute Gasteiger partial charge is 0.243 e. The zero-order valence-electron chi connectivity index (χ0n) is 17.5. The molecule has 0 saturated carbocycles. The van der Waals surface area contributed by atoms with Gasteiger partial charge in [0.1, 0.15) is 12.1 Å². The van der Waals surface area contributed by atoms with Crippen LogP contribution in [0.2, 0.25) is 0 Å². The zero-order chi connectivity index (χ0) is 22.4. The van der Waals surface area contributed by atoms with Gasteiger partial charge in [0.05, 0.1) is 29.8 Å². The zero-order valence-corrected chi connectivity index (χ0v) is 18.3. The normalized spacial score (nSPS) is 11.5. The lowest BCUT2D eigenvalue weighted by Gasteiger charge is -2.19. The van der Waals surface area contributed by atoms with Crippen LogP contribution in [0.1, 0.15) is 19.4 Å². The van der Waals surface area contributed by atoms with Gasteiger partial charge in [-0.3, -0.25) is 4.79 Å². The maximum absolute atomic E-state index is 12.8. The Morgan fingerprint density at radius 1 is 1.13 bits per heavy atom. The number of amides is 1. The number of ether oxygens (including phenoxy) is 1. The molecule has 0 aliphatic carbocycles. The first kappa shape index (κ1) is 22.4. The highest BCUT2D eigenvalue weighted by Gasteiger charge is 2.23. The minimum absolute atomic E-state index is 0.0955. The van der Waals surface area contributed by atoms with E-state index in [1.807, 2.05) is 0 Å². The number of tetrazole rings is 1. The Hall–Kier alpha value is -3.31. The van der Waals surface area contributed by atoms with Gasteiger partial charge in [0.15, 0.2) is 0 Å². The van der Waals surface area contributed by atoms with Gasteiger partial charge in [-0.25, -0.2) is 13.1 Å². The lowest BCUT2D eigenvalue weighted by atomic mass is 10.1. The van der Waals surface area contributed by atoms with Crippen molar-refractivity contribution in [1.82, 2.24) is 24.5 Å². The van der Waals surface area contributed by atoms with Crippen molar-refractivity contribution in [1.29, 1.82) is 0 Å². The highest BCUT2D eigenvalue weighted by Crippen LogP contribution is 2.29. The summed E-state index contributed by atoms with van der Waals surface area (Å²) in [7, 11) is -2.20. The molecule has 1 heterocycles. The molecule has 0 bridgehead atoms. The van der Waals surface area contributed by atoms with Crippen LogP contribution in [0.4, 0.5) is 5.69 Å². The molecule has 0 unspecified atom stereocenters. The molecule has 3 rings (SSSR count). The lowest BCUT2D eigenvalue weighted by molar-refractivity contribution is -0.115. The minimum atomic E-state index is -3.66. The molecule has 1 amide bonds. The van der Waals surface area contributed by atoms with Gasteiger partial charge < -0.3 is 10.1 Å². The third-order valence-electron chi connectivity index (χ3n) is 4.70. The minimum Gasteiger partial charge on any atom is -0.495 e. The number of anilines is 1. The van der Waals surface area contributed by atoms with Crippen LogP contribution in [0.15, 0.2) is 53.7 Å². The number of aromatic nitrogens is 4. The van der Waals surface area contributed by atoms with E-state index in [-0.39, 0.29) is 17.2 Å². The summed E-state index contributed by atoms with van der Waals surface area (Å²) in [5, 5.41) is 13.7. The summed E-state index contributed by atoms with van der Waals surface area (Å²) in [4.78, 5) is 12.7.